The smallest absolute Gasteiger partial charge is 0.251 e. The summed E-state index contributed by atoms with van der Waals surface area (Å²) in [5.74, 6) is 0.576. The Morgan fingerprint density at radius 2 is 1.85 bits per heavy atom. The van der Waals surface area contributed by atoms with E-state index in [-0.39, 0.29) is 17.7 Å². The Bertz CT molecular complexity index is 835. The van der Waals surface area contributed by atoms with Gasteiger partial charge in [0.05, 0.1) is 5.56 Å². The average Bonchev–Trinajstić information content (AvgIpc) is 3.14. The standard InChI is InChI=1S/C21H24N2O3S/c1-13-20(15-7-9-23(13)10-8-15)22-21(25)16-3-5-18(6-4-16)27-19-11-17(12-26-19)14(2)24/h3-6,11-13,15,20H,7-10H2,1-2H3,(H,22,25). The van der Waals surface area contributed by atoms with Crippen molar-refractivity contribution in [2.24, 2.45) is 5.92 Å². The number of hydrogen-bond acceptors (Lipinski definition) is 5. The van der Waals surface area contributed by atoms with Crippen molar-refractivity contribution in [1.82, 2.24) is 10.2 Å². The van der Waals surface area contributed by atoms with E-state index in [0.29, 0.717) is 28.2 Å². The molecule has 3 fully saturated rings. The molecule has 2 unspecified atom stereocenters. The van der Waals surface area contributed by atoms with Gasteiger partial charge in [0.25, 0.3) is 5.91 Å². The predicted octanol–water partition coefficient (Wildman–Crippen LogP) is 3.85. The zero-order chi connectivity index (χ0) is 19.0. The van der Waals surface area contributed by atoms with E-state index in [4.69, 9.17) is 4.42 Å². The lowest BCUT2D eigenvalue weighted by atomic mass is 9.79. The number of carbonyl (C=O) groups is 2. The molecule has 4 heterocycles. The normalized spacial score (nSPS) is 26.7. The molecule has 1 aromatic carbocycles. The molecule has 3 aliphatic heterocycles. The first-order valence-electron chi connectivity index (χ1n) is 9.43. The van der Waals surface area contributed by atoms with Gasteiger partial charge >= 0.3 is 0 Å². The van der Waals surface area contributed by atoms with Crippen LogP contribution >= 0.6 is 11.8 Å². The number of Topliss-reactive ketones (excluding diaryl/α,β-unsaturated/α-hetero) is 1. The van der Waals surface area contributed by atoms with Crippen molar-refractivity contribution in [3.63, 3.8) is 0 Å². The second kappa shape index (κ2) is 7.52. The Balaban J connectivity index is 1.39. The van der Waals surface area contributed by atoms with Crippen LogP contribution in [-0.2, 0) is 0 Å². The summed E-state index contributed by atoms with van der Waals surface area (Å²) in [6.07, 6.45) is 3.83. The van der Waals surface area contributed by atoms with Crippen LogP contribution < -0.4 is 5.32 Å². The van der Waals surface area contributed by atoms with E-state index in [1.807, 2.05) is 24.3 Å². The van der Waals surface area contributed by atoms with Gasteiger partial charge in [0.1, 0.15) is 6.26 Å². The second-order valence-corrected chi connectivity index (χ2v) is 8.53. The van der Waals surface area contributed by atoms with E-state index < -0.39 is 0 Å². The molecule has 2 atom stereocenters. The Hall–Kier alpha value is -2.05. The zero-order valence-corrected chi connectivity index (χ0v) is 16.4. The first kappa shape index (κ1) is 18.3. The van der Waals surface area contributed by atoms with Gasteiger partial charge in [-0.15, -0.1) is 0 Å². The number of nitrogens with one attached hydrogen (secondary N) is 1. The summed E-state index contributed by atoms with van der Waals surface area (Å²) in [5, 5.41) is 3.92. The van der Waals surface area contributed by atoms with Crippen LogP contribution in [0.25, 0.3) is 0 Å². The van der Waals surface area contributed by atoms with Crippen LogP contribution in [0.15, 0.2) is 51.0 Å². The number of nitrogens with zero attached hydrogens (tertiary/aromatic N) is 1. The van der Waals surface area contributed by atoms with Gasteiger partial charge in [-0.2, -0.15) is 0 Å². The van der Waals surface area contributed by atoms with Gasteiger partial charge in [-0.25, -0.2) is 0 Å². The topological polar surface area (TPSA) is 62.6 Å². The molecule has 5 nitrogen and oxygen atoms in total. The minimum absolute atomic E-state index is 0.00554. The summed E-state index contributed by atoms with van der Waals surface area (Å²) in [4.78, 5) is 27.5. The number of piperidine rings is 3. The van der Waals surface area contributed by atoms with Crippen molar-refractivity contribution >= 4 is 23.5 Å². The Morgan fingerprint density at radius 1 is 1.15 bits per heavy atom. The first-order chi connectivity index (χ1) is 13.0. The zero-order valence-electron chi connectivity index (χ0n) is 15.6. The maximum Gasteiger partial charge on any atom is 0.251 e. The molecule has 6 heteroatoms. The molecule has 2 aromatic rings. The van der Waals surface area contributed by atoms with Crippen molar-refractivity contribution in [2.75, 3.05) is 13.1 Å². The van der Waals surface area contributed by atoms with Crippen LogP contribution in [0.3, 0.4) is 0 Å². The minimum atomic E-state index is -0.0143. The largest absolute Gasteiger partial charge is 0.457 e. The fourth-order valence-corrected chi connectivity index (χ4v) is 4.91. The summed E-state index contributed by atoms with van der Waals surface area (Å²) >= 11 is 1.43. The number of furan rings is 1. The van der Waals surface area contributed by atoms with Crippen molar-refractivity contribution < 1.29 is 14.0 Å². The summed E-state index contributed by atoms with van der Waals surface area (Å²) < 4.78 is 5.41. The molecular formula is C21H24N2O3S. The summed E-state index contributed by atoms with van der Waals surface area (Å²) in [5.41, 5.74) is 1.24. The van der Waals surface area contributed by atoms with Crippen LogP contribution in [-0.4, -0.2) is 41.8 Å². The molecule has 5 rings (SSSR count). The lowest BCUT2D eigenvalue weighted by Gasteiger charge is -2.49. The van der Waals surface area contributed by atoms with Gasteiger partial charge in [-0.1, -0.05) is 11.8 Å². The molecule has 0 spiro atoms. The quantitative estimate of drug-likeness (QED) is 0.794. The second-order valence-electron chi connectivity index (χ2n) is 7.45. The molecule has 3 saturated heterocycles. The van der Waals surface area contributed by atoms with E-state index in [1.165, 1.54) is 37.8 Å². The molecule has 27 heavy (non-hydrogen) atoms. The van der Waals surface area contributed by atoms with Gasteiger partial charge < -0.3 is 9.73 Å². The van der Waals surface area contributed by atoms with Crippen molar-refractivity contribution in [3.05, 3.63) is 47.7 Å². The molecule has 3 aliphatic rings. The highest BCUT2D eigenvalue weighted by molar-refractivity contribution is 7.99. The number of ketones is 1. The summed E-state index contributed by atoms with van der Waals surface area (Å²) in [6.45, 7) is 6.04. The van der Waals surface area contributed by atoms with Crippen molar-refractivity contribution in [3.8, 4) is 0 Å². The highest BCUT2D eigenvalue weighted by Gasteiger charge is 2.40. The maximum absolute atomic E-state index is 12.7. The number of rotatable bonds is 5. The maximum atomic E-state index is 12.7. The highest BCUT2D eigenvalue weighted by Crippen LogP contribution is 2.33. The minimum Gasteiger partial charge on any atom is -0.457 e. The number of benzene rings is 1. The number of carbonyl (C=O) groups excluding carboxylic acids is 2. The molecule has 1 amide bonds. The van der Waals surface area contributed by atoms with Gasteiger partial charge in [-0.05, 0) is 70.0 Å². The van der Waals surface area contributed by atoms with Gasteiger partial charge in [0.15, 0.2) is 10.9 Å². The van der Waals surface area contributed by atoms with Crippen LogP contribution in [0.1, 0.15) is 47.4 Å². The third-order valence-corrected chi connectivity index (χ3v) is 6.72. The molecule has 0 aliphatic carbocycles. The molecule has 0 radical (unpaired) electrons. The monoisotopic (exact) mass is 384 g/mol. The van der Waals surface area contributed by atoms with Crippen LogP contribution in [0, 0.1) is 5.92 Å². The molecule has 2 bridgehead atoms. The lowest BCUT2D eigenvalue weighted by Crippen LogP contribution is -2.62. The van der Waals surface area contributed by atoms with Crippen LogP contribution in [0.4, 0.5) is 0 Å². The van der Waals surface area contributed by atoms with E-state index in [0.717, 1.165) is 18.0 Å². The van der Waals surface area contributed by atoms with Crippen LogP contribution in [0.5, 0.6) is 0 Å². The number of hydrogen-bond donors (Lipinski definition) is 1. The van der Waals surface area contributed by atoms with E-state index in [1.54, 1.807) is 6.07 Å². The van der Waals surface area contributed by atoms with E-state index in [2.05, 4.69) is 17.1 Å². The third-order valence-electron chi connectivity index (χ3n) is 5.79. The molecular weight excluding hydrogens is 360 g/mol. The summed E-state index contributed by atoms with van der Waals surface area (Å²) in [6, 6.07) is 9.90. The van der Waals surface area contributed by atoms with Crippen molar-refractivity contribution in [1.29, 1.82) is 0 Å². The molecule has 0 saturated carbocycles. The SMILES string of the molecule is CC(=O)c1coc(Sc2ccc(C(=O)NC3C4CCN(CC4)C3C)cc2)c1. The Morgan fingerprint density at radius 3 is 2.44 bits per heavy atom. The van der Waals surface area contributed by atoms with E-state index in [9.17, 15) is 9.59 Å². The molecule has 142 valence electrons. The van der Waals surface area contributed by atoms with Gasteiger partial charge in [0.2, 0.25) is 0 Å². The first-order valence-corrected chi connectivity index (χ1v) is 10.3. The number of amides is 1. The van der Waals surface area contributed by atoms with E-state index >= 15 is 0 Å². The average molecular weight is 385 g/mol. The van der Waals surface area contributed by atoms with Crippen molar-refractivity contribution in [2.45, 2.75) is 48.8 Å². The van der Waals surface area contributed by atoms with Gasteiger partial charge in [-0.3, -0.25) is 14.5 Å². The van der Waals surface area contributed by atoms with Gasteiger partial charge in [0, 0.05) is 28.6 Å². The Labute approximate surface area is 163 Å². The fraction of sp³-hybridized carbons (Fsp3) is 0.429. The summed E-state index contributed by atoms with van der Waals surface area (Å²) in [7, 11) is 0. The fourth-order valence-electron chi connectivity index (χ4n) is 4.13. The predicted molar refractivity (Wildman–Crippen MR) is 104 cm³/mol. The van der Waals surface area contributed by atoms with Crippen LogP contribution in [0.2, 0.25) is 0 Å². The highest BCUT2D eigenvalue weighted by atomic mass is 32.2. The molecule has 1 aromatic heterocycles. The third kappa shape index (κ3) is 3.82. The lowest BCUT2D eigenvalue weighted by molar-refractivity contribution is 0.0217. The molecule has 1 N–H and O–H groups in total. The Kier molecular flexibility index (Phi) is 5.10. The number of fused-ring (bicyclic) bond motifs is 3.